The molecule has 0 unspecified atom stereocenters. The van der Waals surface area contributed by atoms with Crippen molar-refractivity contribution >= 4 is 12.0 Å². The third kappa shape index (κ3) is 2.82. The third-order valence-corrected chi connectivity index (χ3v) is 1.80. The molecule has 1 saturated heterocycles. The molecular weight excluding hydrogens is 205 g/mol. The number of carbonyl (C=O) groups is 2. The summed E-state index contributed by atoms with van der Waals surface area (Å²) in [5, 5.41) is 8.54. The van der Waals surface area contributed by atoms with Crippen LogP contribution in [0, 0.1) is 0 Å². The molecule has 0 spiro atoms. The van der Waals surface area contributed by atoms with E-state index in [0.717, 1.165) is 24.2 Å². The van der Waals surface area contributed by atoms with Gasteiger partial charge in [0, 0.05) is 29.7 Å². The number of imide groups is 1. The number of hydrogen-bond donors (Lipinski definition) is 1. The van der Waals surface area contributed by atoms with Gasteiger partial charge in [0.1, 0.15) is 0 Å². The fourth-order valence-electron chi connectivity index (χ4n) is 1.18. The van der Waals surface area contributed by atoms with Crippen LogP contribution in [0.5, 0.6) is 0 Å². The average Bonchev–Trinajstić information content (AvgIpc) is 2.13. The topological polar surface area (TPSA) is 57.6 Å². The molecule has 0 aromatic rings. The second-order valence-electron chi connectivity index (χ2n) is 2.64. The van der Waals surface area contributed by atoms with Crippen molar-refractivity contribution in [2.75, 3.05) is 6.54 Å². The van der Waals surface area contributed by atoms with Crippen molar-refractivity contribution in [3.8, 4) is 0 Å². The van der Waals surface area contributed by atoms with Crippen molar-refractivity contribution in [2.45, 2.75) is 25.7 Å². The number of rotatable bonds is 0. The van der Waals surface area contributed by atoms with Crippen molar-refractivity contribution in [3.63, 3.8) is 0 Å². The van der Waals surface area contributed by atoms with Crippen molar-refractivity contribution < 1.29 is 31.5 Å². The molecule has 12 heavy (non-hydrogen) atoms. The van der Waals surface area contributed by atoms with Crippen LogP contribution in [0.3, 0.4) is 0 Å². The zero-order valence-corrected chi connectivity index (χ0v) is 7.62. The van der Waals surface area contributed by atoms with E-state index in [2.05, 4.69) is 0 Å². The van der Waals surface area contributed by atoms with E-state index in [9.17, 15) is 9.59 Å². The van der Waals surface area contributed by atoms with Gasteiger partial charge in [0.2, 0.25) is 5.91 Å². The molecule has 0 bridgehead atoms. The van der Waals surface area contributed by atoms with Crippen molar-refractivity contribution in [2.24, 2.45) is 0 Å². The van der Waals surface area contributed by atoms with Crippen LogP contribution >= 0.6 is 0 Å². The van der Waals surface area contributed by atoms with Gasteiger partial charge in [-0.25, -0.2) is 9.69 Å². The molecule has 1 aliphatic heterocycles. The van der Waals surface area contributed by atoms with Gasteiger partial charge < -0.3 is 5.11 Å². The Kier molecular flexibility index (Phi) is 4.92. The largest absolute Gasteiger partial charge is 0.465 e. The molecule has 71 valence electrons. The Hall–Kier alpha value is -0.554. The Balaban J connectivity index is 0.00000121. The predicted molar refractivity (Wildman–Crippen MR) is 38.2 cm³/mol. The summed E-state index contributed by atoms with van der Waals surface area (Å²) in [5.74, 6) is -0.255. The molecule has 4 nitrogen and oxygen atoms in total. The van der Waals surface area contributed by atoms with E-state index in [0.29, 0.717) is 13.0 Å². The summed E-state index contributed by atoms with van der Waals surface area (Å²) in [7, 11) is 0. The van der Waals surface area contributed by atoms with Crippen LogP contribution in [0.25, 0.3) is 0 Å². The quantitative estimate of drug-likeness (QED) is 0.658. The molecule has 1 radical (unpaired) electrons. The van der Waals surface area contributed by atoms with Crippen LogP contribution in [-0.4, -0.2) is 28.6 Å². The number of amides is 2. The van der Waals surface area contributed by atoms with Crippen LogP contribution in [0.1, 0.15) is 25.7 Å². The van der Waals surface area contributed by atoms with Gasteiger partial charge in [-0.3, -0.25) is 4.79 Å². The minimum absolute atomic E-state index is 0. The Labute approximate surface area is 81.1 Å². The minimum Gasteiger partial charge on any atom is -0.465 e. The first-order chi connectivity index (χ1) is 5.22. The summed E-state index contributed by atoms with van der Waals surface area (Å²) in [5.41, 5.74) is 0. The second kappa shape index (κ2) is 5.16. The molecule has 1 N–H and O–H groups in total. The summed E-state index contributed by atoms with van der Waals surface area (Å²) in [6.07, 6.45) is 1.85. The Bertz CT molecular complexity index is 183. The van der Waals surface area contributed by atoms with Gasteiger partial charge in [-0.2, -0.15) is 0 Å². The van der Waals surface area contributed by atoms with Crippen molar-refractivity contribution in [1.29, 1.82) is 0 Å². The molecule has 1 aliphatic rings. The maximum absolute atomic E-state index is 11.0. The van der Waals surface area contributed by atoms with Gasteiger partial charge in [0.15, 0.2) is 0 Å². The summed E-state index contributed by atoms with van der Waals surface area (Å²) >= 11 is 0. The fraction of sp³-hybridized carbons (Fsp3) is 0.714. The third-order valence-electron chi connectivity index (χ3n) is 1.80. The molecule has 1 rings (SSSR count). The number of carboxylic acid groups (broad SMARTS) is 1. The van der Waals surface area contributed by atoms with Crippen molar-refractivity contribution in [1.82, 2.24) is 4.90 Å². The monoisotopic (exact) mass is 216 g/mol. The first kappa shape index (κ1) is 11.4. The zero-order chi connectivity index (χ0) is 8.27. The molecule has 0 saturated carbocycles. The van der Waals surface area contributed by atoms with E-state index < -0.39 is 6.09 Å². The average molecular weight is 216 g/mol. The summed E-state index contributed by atoms with van der Waals surface area (Å²) in [6.45, 7) is 0.369. The smallest absolute Gasteiger partial charge is 0.414 e. The van der Waals surface area contributed by atoms with E-state index in [4.69, 9.17) is 5.11 Å². The minimum atomic E-state index is -1.11. The van der Waals surface area contributed by atoms with Gasteiger partial charge in [-0.05, 0) is 12.8 Å². The van der Waals surface area contributed by atoms with Gasteiger partial charge in [0.05, 0.1) is 0 Å². The Morgan fingerprint density at radius 2 is 2.00 bits per heavy atom. The SMILES string of the molecule is O=C(O)N1CCCCCC1=O.[Co]. The predicted octanol–water partition coefficient (Wildman–Crippen LogP) is 1.06. The molecule has 2 amide bonds. The van der Waals surface area contributed by atoms with Gasteiger partial charge >= 0.3 is 6.09 Å². The maximum atomic E-state index is 11.0. The van der Waals surface area contributed by atoms with E-state index in [-0.39, 0.29) is 22.7 Å². The number of nitrogens with zero attached hydrogens (tertiary/aromatic N) is 1. The molecule has 5 heteroatoms. The van der Waals surface area contributed by atoms with Gasteiger partial charge in [-0.15, -0.1) is 0 Å². The van der Waals surface area contributed by atoms with Gasteiger partial charge in [0.25, 0.3) is 0 Å². The van der Waals surface area contributed by atoms with Crippen molar-refractivity contribution in [3.05, 3.63) is 0 Å². The molecule has 0 atom stereocenters. The number of carbonyl (C=O) groups excluding carboxylic acids is 1. The van der Waals surface area contributed by atoms with Crippen LogP contribution in [-0.2, 0) is 21.6 Å². The second-order valence-corrected chi connectivity index (χ2v) is 2.64. The molecule has 1 heterocycles. The Morgan fingerprint density at radius 3 is 2.58 bits per heavy atom. The molecular formula is C7H11CoNO3. The number of likely N-dealkylation sites (tertiary alicyclic amines) is 1. The van der Waals surface area contributed by atoms with Crippen LogP contribution < -0.4 is 0 Å². The first-order valence-electron chi connectivity index (χ1n) is 3.75. The standard InChI is InChI=1S/C7H11NO3.Co/c9-6-4-2-1-3-5-8(6)7(10)11;/h1-5H2,(H,10,11);. The summed E-state index contributed by atoms with van der Waals surface area (Å²) in [4.78, 5) is 22.3. The normalized spacial score (nSPS) is 18.0. The van der Waals surface area contributed by atoms with Gasteiger partial charge in [-0.1, -0.05) is 6.42 Å². The molecule has 1 fully saturated rings. The molecule has 0 aliphatic carbocycles. The Morgan fingerprint density at radius 1 is 1.33 bits per heavy atom. The van der Waals surface area contributed by atoms with Crippen LogP contribution in [0.2, 0.25) is 0 Å². The molecule has 0 aromatic heterocycles. The molecule has 0 aromatic carbocycles. The number of hydrogen-bond acceptors (Lipinski definition) is 2. The zero-order valence-electron chi connectivity index (χ0n) is 6.58. The van der Waals surface area contributed by atoms with E-state index in [1.54, 1.807) is 0 Å². The van der Waals surface area contributed by atoms with E-state index in [1.165, 1.54) is 0 Å². The maximum Gasteiger partial charge on any atom is 0.414 e. The summed E-state index contributed by atoms with van der Waals surface area (Å²) in [6, 6.07) is 0. The fourth-order valence-corrected chi connectivity index (χ4v) is 1.18. The first-order valence-corrected chi connectivity index (χ1v) is 3.75. The van der Waals surface area contributed by atoms with Crippen LogP contribution in [0.4, 0.5) is 4.79 Å². The van der Waals surface area contributed by atoms with E-state index >= 15 is 0 Å². The van der Waals surface area contributed by atoms with Crippen LogP contribution in [0.15, 0.2) is 0 Å². The van der Waals surface area contributed by atoms with E-state index in [1.807, 2.05) is 0 Å². The summed E-state index contributed by atoms with van der Waals surface area (Å²) < 4.78 is 0.